The normalized spacial score (nSPS) is 19.9. The summed E-state index contributed by atoms with van der Waals surface area (Å²) in [5.74, 6) is 0.0202. The molecular weight excluding hydrogens is 209 g/mol. The van der Waals surface area contributed by atoms with Crippen molar-refractivity contribution in [3.63, 3.8) is 0 Å². The van der Waals surface area contributed by atoms with Gasteiger partial charge in [-0.15, -0.1) is 0 Å². The van der Waals surface area contributed by atoms with Gasteiger partial charge in [-0.3, -0.25) is 9.79 Å². The molecule has 0 aromatic carbocycles. The molecule has 1 amide bonds. The summed E-state index contributed by atoms with van der Waals surface area (Å²) in [5, 5.41) is 2.65. The first-order chi connectivity index (χ1) is 7.58. The molecule has 0 saturated carbocycles. The first-order valence-corrected chi connectivity index (χ1v) is 5.08. The Morgan fingerprint density at radius 3 is 2.69 bits per heavy atom. The van der Waals surface area contributed by atoms with E-state index in [2.05, 4.69) is 15.3 Å². The van der Waals surface area contributed by atoms with Crippen LogP contribution in [0.15, 0.2) is 23.3 Å². The maximum atomic E-state index is 12.7. The van der Waals surface area contributed by atoms with Crippen LogP contribution in [0.5, 0.6) is 0 Å². The molecule has 0 bridgehead atoms. The van der Waals surface area contributed by atoms with E-state index in [9.17, 15) is 9.18 Å². The quantitative estimate of drug-likeness (QED) is 0.813. The van der Waals surface area contributed by atoms with Gasteiger partial charge in [-0.2, -0.15) is 0 Å². The van der Waals surface area contributed by atoms with Crippen LogP contribution in [0.4, 0.5) is 4.39 Å². The minimum Gasteiger partial charge on any atom is -0.307 e. The molecule has 0 radical (unpaired) electrons. The highest BCUT2D eigenvalue weighted by Gasteiger charge is 2.29. The fourth-order valence-corrected chi connectivity index (χ4v) is 1.52. The number of nitrogens with one attached hydrogen (secondary N) is 1. The van der Waals surface area contributed by atoms with Crippen molar-refractivity contribution in [2.75, 3.05) is 0 Å². The Labute approximate surface area is 92.6 Å². The van der Waals surface area contributed by atoms with Gasteiger partial charge in [-0.1, -0.05) is 13.8 Å². The van der Waals surface area contributed by atoms with E-state index in [0.717, 1.165) is 6.20 Å². The summed E-state index contributed by atoms with van der Waals surface area (Å²) >= 11 is 0. The molecule has 1 unspecified atom stereocenters. The number of amides is 1. The summed E-state index contributed by atoms with van der Waals surface area (Å²) in [4.78, 5) is 19.6. The second kappa shape index (κ2) is 4.00. The average molecular weight is 221 g/mol. The van der Waals surface area contributed by atoms with E-state index in [4.69, 9.17) is 0 Å². The molecular formula is C11H12FN3O. The zero-order chi connectivity index (χ0) is 11.7. The molecule has 1 aliphatic heterocycles. The van der Waals surface area contributed by atoms with Gasteiger partial charge in [0.1, 0.15) is 17.6 Å². The number of hydrogen-bond donors (Lipinski definition) is 1. The van der Waals surface area contributed by atoms with E-state index in [1.165, 1.54) is 12.1 Å². The van der Waals surface area contributed by atoms with Crippen LogP contribution in [0.25, 0.3) is 0 Å². The summed E-state index contributed by atoms with van der Waals surface area (Å²) in [6.07, 6.45) is 1.10. The number of aromatic nitrogens is 1. The van der Waals surface area contributed by atoms with E-state index in [-0.39, 0.29) is 17.9 Å². The zero-order valence-corrected chi connectivity index (χ0v) is 9.07. The summed E-state index contributed by atoms with van der Waals surface area (Å²) in [7, 11) is 0. The molecule has 5 heteroatoms. The Kier molecular flexibility index (Phi) is 2.68. The molecule has 1 N–H and O–H groups in total. The lowest BCUT2D eigenvalue weighted by Crippen LogP contribution is -2.31. The Hall–Kier alpha value is -1.78. The van der Waals surface area contributed by atoms with E-state index in [1.54, 1.807) is 0 Å². The van der Waals surface area contributed by atoms with Crippen LogP contribution in [-0.4, -0.2) is 22.8 Å². The van der Waals surface area contributed by atoms with Crippen LogP contribution in [0.1, 0.15) is 19.5 Å². The van der Waals surface area contributed by atoms with E-state index < -0.39 is 5.82 Å². The van der Waals surface area contributed by atoms with Crippen LogP contribution >= 0.6 is 0 Å². The van der Waals surface area contributed by atoms with Crippen LogP contribution in [0.3, 0.4) is 0 Å². The molecule has 16 heavy (non-hydrogen) atoms. The Morgan fingerprint density at radius 2 is 2.19 bits per heavy atom. The van der Waals surface area contributed by atoms with Gasteiger partial charge in [0, 0.05) is 0 Å². The van der Waals surface area contributed by atoms with E-state index in [0.29, 0.717) is 11.5 Å². The third-order valence-electron chi connectivity index (χ3n) is 2.38. The topological polar surface area (TPSA) is 54.4 Å². The standard InChI is InChI=1S/C11H12FN3O/c1-6(2)9-11(16)15-10(14-9)8-4-3-7(12)5-13-8/h3-6,9H,1-2H3,(H,14,15,16). The maximum Gasteiger partial charge on any atom is 0.250 e. The van der Waals surface area contributed by atoms with Gasteiger partial charge < -0.3 is 5.32 Å². The lowest BCUT2D eigenvalue weighted by molar-refractivity contribution is -0.120. The van der Waals surface area contributed by atoms with Crippen molar-refractivity contribution in [3.8, 4) is 0 Å². The second-order valence-electron chi connectivity index (χ2n) is 4.02. The number of pyridine rings is 1. The molecule has 2 rings (SSSR count). The first-order valence-electron chi connectivity index (χ1n) is 5.08. The molecule has 1 aromatic heterocycles. The molecule has 2 heterocycles. The molecule has 0 fully saturated rings. The minimum atomic E-state index is -0.408. The first kappa shape index (κ1) is 10.7. The Bertz CT molecular complexity index is 439. The predicted octanol–water partition coefficient (Wildman–Crippen LogP) is 1.12. The van der Waals surface area contributed by atoms with Gasteiger partial charge in [-0.25, -0.2) is 9.37 Å². The summed E-state index contributed by atoms with van der Waals surface area (Å²) in [6, 6.07) is 2.42. The Balaban J connectivity index is 2.27. The van der Waals surface area contributed by atoms with Crippen molar-refractivity contribution in [2.45, 2.75) is 19.9 Å². The molecule has 1 aliphatic rings. The van der Waals surface area contributed by atoms with Gasteiger partial charge in [0.25, 0.3) is 5.91 Å². The zero-order valence-electron chi connectivity index (χ0n) is 9.07. The average Bonchev–Trinajstić information content (AvgIpc) is 2.61. The number of halogens is 1. The lowest BCUT2D eigenvalue weighted by Gasteiger charge is -2.06. The number of hydrogen-bond acceptors (Lipinski definition) is 3. The number of aliphatic imine (C=N–C) groups is 1. The van der Waals surface area contributed by atoms with Gasteiger partial charge in [0.2, 0.25) is 0 Å². The van der Waals surface area contributed by atoms with Crippen molar-refractivity contribution >= 4 is 11.7 Å². The third-order valence-corrected chi connectivity index (χ3v) is 2.38. The number of nitrogens with zero attached hydrogens (tertiary/aromatic N) is 2. The monoisotopic (exact) mass is 221 g/mol. The summed E-state index contributed by atoms with van der Waals surface area (Å²) < 4.78 is 12.7. The SMILES string of the molecule is CC(C)C1N=C(c2ccc(F)cn2)NC1=O. The molecule has 84 valence electrons. The number of rotatable bonds is 2. The van der Waals surface area contributed by atoms with E-state index in [1.807, 2.05) is 13.8 Å². The highest BCUT2D eigenvalue weighted by molar-refractivity contribution is 6.12. The van der Waals surface area contributed by atoms with Crippen LogP contribution in [-0.2, 0) is 4.79 Å². The molecule has 0 saturated heterocycles. The van der Waals surface area contributed by atoms with Crippen LogP contribution in [0.2, 0.25) is 0 Å². The fourth-order valence-electron chi connectivity index (χ4n) is 1.52. The number of carbonyl (C=O) groups is 1. The molecule has 0 aliphatic carbocycles. The highest BCUT2D eigenvalue weighted by atomic mass is 19.1. The van der Waals surface area contributed by atoms with Gasteiger partial charge in [-0.05, 0) is 18.1 Å². The van der Waals surface area contributed by atoms with Gasteiger partial charge in [0.05, 0.1) is 6.20 Å². The van der Waals surface area contributed by atoms with Crippen molar-refractivity contribution in [2.24, 2.45) is 10.9 Å². The van der Waals surface area contributed by atoms with Gasteiger partial charge >= 0.3 is 0 Å². The van der Waals surface area contributed by atoms with Crippen LogP contribution < -0.4 is 5.32 Å². The second-order valence-corrected chi connectivity index (χ2v) is 4.02. The molecule has 1 aromatic rings. The lowest BCUT2D eigenvalue weighted by atomic mass is 10.1. The maximum absolute atomic E-state index is 12.7. The highest BCUT2D eigenvalue weighted by Crippen LogP contribution is 2.13. The largest absolute Gasteiger partial charge is 0.307 e. The predicted molar refractivity (Wildman–Crippen MR) is 57.5 cm³/mol. The molecule has 1 atom stereocenters. The number of carbonyl (C=O) groups excluding carboxylic acids is 1. The van der Waals surface area contributed by atoms with Crippen molar-refractivity contribution in [1.82, 2.24) is 10.3 Å². The molecule has 4 nitrogen and oxygen atoms in total. The van der Waals surface area contributed by atoms with Crippen LogP contribution in [0, 0.1) is 11.7 Å². The Morgan fingerprint density at radius 1 is 1.44 bits per heavy atom. The summed E-state index contributed by atoms with van der Waals surface area (Å²) in [5.41, 5.74) is 0.484. The van der Waals surface area contributed by atoms with Crippen molar-refractivity contribution in [3.05, 3.63) is 29.8 Å². The number of amidine groups is 1. The minimum absolute atomic E-state index is 0.129. The van der Waals surface area contributed by atoms with Crippen molar-refractivity contribution in [1.29, 1.82) is 0 Å². The van der Waals surface area contributed by atoms with Gasteiger partial charge in [0.15, 0.2) is 5.84 Å². The summed E-state index contributed by atoms with van der Waals surface area (Å²) in [6.45, 7) is 3.85. The fraction of sp³-hybridized carbons (Fsp3) is 0.364. The molecule has 0 spiro atoms. The van der Waals surface area contributed by atoms with E-state index >= 15 is 0 Å². The third kappa shape index (κ3) is 1.93. The smallest absolute Gasteiger partial charge is 0.250 e. The van der Waals surface area contributed by atoms with Crippen molar-refractivity contribution < 1.29 is 9.18 Å².